The monoisotopic (exact) mass is 301 g/mol. The van der Waals surface area contributed by atoms with Gasteiger partial charge in [-0.1, -0.05) is 0 Å². The van der Waals surface area contributed by atoms with E-state index in [1.54, 1.807) is 0 Å². The van der Waals surface area contributed by atoms with Crippen molar-refractivity contribution in [3.05, 3.63) is 17.9 Å². The first kappa shape index (κ1) is 15.4. The summed E-state index contributed by atoms with van der Waals surface area (Å²) in [5.41, 5.74) is -1.09. The van der Waals surface area contributed by atoms with Gasteiger partial charge in [0.1, 0.15) is 5.82 Å². The predicted octanol–water partition coefficient (Wildman–Crippen LogP) is 0.923. The van der Waals surface area contributed by atoms with Gasteiger partial charge in [0.25, 0.3) is 0 Å². The predicted molar refractivity (Wildman–Crippen MR) is 73.0 cm³/mol. The van der Waals surface area contributed by atoms with E-state index >= 15 is 0 Å². The van der Waals surface area contributed by atoms with Crippen LogP contribution in [-0.2, 0) is 19.1 Å². The molecule has 2 rings (SSSR count). The van der Waals surface area contributed by atoms with E-state index in [1.165, 1.54) is 0 Å². The van der Waals surface area contributed by atoms with Gasteiger partial charge in [0.15, 0.2) is 14.9 Å². The van der Waals surface area contributed by atoms with Crippen molar-refractivity contribution in [1.82, 2.24) is 4.98 Å². The van der Waals surface area contributed by atoms with Crippen LogP contribution >= 0.6 is 0 Å². The highest BCUT2D eigenvalue weighted by Crippen LogP contribution is 2.36. The minimum Gasteiger partial charge on any atom is -0.398 e. The molecule has 5 nitrogen and oxygen atoms in total. The molecule has 0 bridgehead atoms. The van der Waals surface area contributed by atoms with Crippen molar-refractivity contribution in [1.29, 1.82) is 0 Å². The third kappa shape index (κ3) is 2.73. The fourth-order valence-electron chi connectivity index (χ4n) is 1.77. The molecule has 0 spiro atoms. The summed E-state index contributed by atoms with van der Waals surface area (Å²) in [6.45, 7) is 7.40. The molecule has 0 N–H and O–H groups in total. The van der Waals surface area contributed by atoms with E-state index in [0.717, 1.165) is 18.4 Å². The Balaban J connectivity index is 2.44. The van der Waals surface area contributed by atoms with Gasteiger partial charge in [-0.15, -0.1) is 0 Å². The van der Waals surface area contributed by atoms with Gasteiger partial charge in [-0.2, -0.15) is 0 Å². The number of pyridine rings is 1. The lowest BCUT2D eigenvalue weighted by atomic mass is 9.84. The number of hydrogen-bond donors (Lipinski definition) is 0. The molecule has 0 aliphatic carbocycles. The summed E-state index contributed by atoms with van der Waals surface area (Å²) in [4.78, 5) is 3.94. The Kier molecular flexibility index (Phi) is 3.47. The summed E-state index contributed by atoms with van der Waals surface area (Å²) in [6.07, 6.45) is 0.975. The largest absolute Gasteiger partial charge is 0.514 e. The number of nitrogens with zero attached hydrogens (tertiary/aromatic N) is 1. The molecule has 0 amide bonds. The molecule has 1 fully saturated rings. The third-order valence-electron chi connectivity index (χ3n) is 3.66. The summed E-state index contributed by atoms with van der Waals surface area (Å²) in [5.74, 6) is -0.690. The van der Waals surface area contributed by atoms with Crippen LogP contribution in [0.2, 0.25) is 0 Å². The number of aromatic nitrogens is 1. The highest BCUT2D eigenvalue weighted by atomic mass is 32.2. The maximum absolute atomic E-state index is 13.6. The second kappa shape index (κ2) is 4.51. The number of halogens is 1. The summed E-state index contributed by atoms with van der Waals surface area (Å²) in [6, 6.07) is 2.00. The van der Waals surface area contributed by atoms with Gasteiger partial charge < -0.3 is 9.31 Å². The average molecular weight is 301 g/mol. The maximum atomic E-state index is 13.6. The molecule has 0 saturated carbocycles. The summed E-state index contributed by atoms with van der Waals surface area (Å²) >= 11 is 0. The van der Waals surface area contributed by atoms with Crippen molar-refractivity contribution in [2.24, 2.45) is 0 Å². The van der Waals surface area contributed by atoms with Crippen LogP contribution in [0.5, 0.6) is 0 Å². The Morgan fingerprint density at radius 1 is 1.15 bits per heavy atom. The number of hydrogen-bond acceptors (Lipinski definition) is 5. The van der Waals surface area contributed by atoms with Gasteiger partial charge in [-0.25, -0.2) is 17.8 Å². The fourth-order valence-corrected chi connectivity index (χ4v) is 2.37. The Bertz CT molecular complexity index is 629. The third-order valence-corrected chi connectivity index (χ3v) is 4.63. The summed E-state index contributed by atoms with van der Waals surface area (Å²) < 4.78 is 48.0. The highest BCUT2D eigenvalue weighted by molar-refractivity contribution is 7.90. The van der Waals surface area contributed by atoms with Crippen LogP contribution in [0, 0.1) is 5.82 Å². The Morgan fingerprint density at radius 2 is 1.65 bits per heavy atom. The van der Waals surface area contributed by atoms with Crippen LogP contribution in [-0.4, -0.2) is 38.0 Å². The van der Waals surface area contributed by atoms with Crippen molar-refractivity contribution < 1.29 is 22.1 Å². The second-order valence-corrected chi connectivity index (χ2v) is 7.87. The lowest BCUT2D eigenvalue weighted by Gasteiger charge is -2.32. The van der Waals surface area contributed by atoms with E-state index in [-0.39, 0.29) is 10.6 Å². The zero-order valence-electron chi connectivity index (χ0n) is 12.1. The SMILES string of the molecule is CC1(C)OB(c2cc(F)cc(S(C)(=O)=O)n2)OC1(C)C. The molecular weight excluding hydrogens is 284 g/mol. The Hall–Kier alpha value is -0.985. The highest BCUT2D eigenvalue weighted by Gasteiger charge is 2.52. The molecule has 1 aliphatic heterocycles. The molecule has 20 heavy (non-hydrogen) atoms. The Morgan fingerprint density at radius 3 is 2.10 bits per heavy atom. The molecule has 8 heteroatoms. The van der Waals surface area contributed by atoms with Gasteiger partial charge in [0.05, 0.1) is 16.8 Å². The molecule has 0 aromatic carbocycles. The standard InChI is InChI=1S/C12H17BFNO4S/c1-11(2)12(3,4)19-13(18-11)9-6-8(14)7-10(15-9)20(5,16)17/h6-7H,1-5H3. The van der Waals surface area contributed by atoms with Crippen LogP contribution < -0.4 is 5.59 Å². The fraction of sp³-hybridized carbons (Fsp3) is 0.583. The quantitative estimate of drug-likeness (QED) is 0.760. The van der Waals surface area contributed by atoms with E-state index in [4.69, 9.17) is 9.31 Å². The molecule has 1 aromatic rings. The Labute approximate surface area is 118 Å². The average Bonchev–Trinajstić information content (AvgIpc) is 2.46. The van der Waals surface area contributed by atoms with Crippen molar-refractivity contribution >= 4 is 22.5 Å². The van der Waals surface area contributed by atoms with E-state index in [2.05, 4.69) is 4.98 Å². The van der Waals surface area contributed by atoms with Gasteiger partial charge >= 0.3 is 7.12 Å². The van der Waals surface area contributed by atoms with Crippen LogP contribution in [0.25, 0.3) is 0 Å². The lowest BCUT2D eigenvalue weighted by molar-refractivity contribution is 0.00578. The van der Waals surface area contributed by atoms with E-state index in [1.807, 2.05) is 27.7 Å². The minimum absolute atomic E-state index is 0.115. The molecule has 0 unspecified atom stereocenters. The molecule has 110 valence electrons. The first-order valence-electron chi connectivity index (χ1n) is 6.15. The lowest BCUT2D eigenvalue weighted by Crippen LogP contribution is -2.41. The first-order valence-corrected chi connectivity index (χ1v) is 8.05. The van der Waals surface area contributed by atoms with E-state index in [0.29, 0.717) is 0 Å². The smallest absolute Gasteiger partial charge is 0.398 e. The van der Waals surface area contributed by atoms with Crippen molar-refractivity contribution in [2.75, 3.05) is 6.26 Å². The van der Waals surface area contributed by atoms with Crippen LogP contribution in [0.1, 0.15) is 27.7 Å². The topological polar surface area (TPSA) is 65.5 Å². The van der Waals surface area contributed by atoms with Crippen LogP contribution in [0.15, 0.2) is 17.2 Å². The molecule has 1 aromatic heterocycles. The molecule has 0 radical (unpaired) electrons. The van der Waals surface area contributed by atoms with E-state index < -0.39 is 34.0 Å². The normalized spacial score (nSPS) is 21.2. The molecule has 1 saturated heterocycles. The van der Waals surface area contributed by atoms with Crippen LogP contribution in [0.4, 0.5) is 4.39 Å². The van der Waals surface area contributed by atoms with Crippen molar-refractivity contribution in [3.8, 4) is 0 Å². The van der Waals surface area contributed by atoms with Crippen molar-refractivity contribution in [3.63, 3.8) is 0 Å². The molecule has 1 aliphatic rings. The number of sulfone groups is 1. The maximum Gasteiger partial charge on any atom is 0.514 e. The zero-order chi connectivity index (χ0) is 15.3. The van der Waals surface area contributed by atoms with Gasteiger partial charge in [-0.05, 0) is 33.8 Å². The molecule has 2 heterocycles. The summed E-state index contributed by atoms with van der Waals surface area (Å²) in [5, 5.41) is -0.331. The molecular formula is C12H17BFNO4S. The van der Waals surface area contributed by atoms with Gasteiger partial charge in [-0.3, -0.25) is 0 Å². The van der Waals surface area contributed by atoms with Gasteiger partial charge in [0, 0.05) is 12.3 Å². The minimum atomic E-state index is -3.60. The second-order valence-electron chi connectivity index (χ2n) is 5.91. The zero-order valence-corrected chi connectivity index (χ0v) is 12.9. The van der Waals surface area contributed by atoms with Crippen LogP contribution in [0.3, 0.4) is 0 Å². The van der Waals surface area contributed by atoms with Gasteiger partial charge in [0.2, 0.25) is 0 Å². The van der Waals surface area contributed by atoms with Crippen molar-refractivity contribution in [2.45, 2.75) is 43.9 Å². The summed E-state index contributed by atoms with van der Waals surface area (Å²) in [7, 11) is -4.49. The molecule has 0 atom stereocenters. The van der Waals surface area contributed by atoms with E-state index in [9.17, 15) is 12.8 Å². The first-order chi connectivity index (χ1) is 8.92. The number of rotatable bonds is 2.